The zero-order chi connectivity index (χ0) is 19.9. The largest absolute Gasteiger partial charge is 0.488 e. The molecular formula is C23H23BrN2O2. The third-order valence-electron chi connectivity index (χ3n) is 4.84. The SMILES string of the molecule is Cc1ccc(COc2ccc(/C=C(/C#N)C(=O)NC3CCCC3)cc2Br)cc1. The second-order valence-corrected chi connectivity index (χ2v) is 7.94. The van der Waals surface area contributed by atoms with E-state index in [-0.39, 0.29) is 17.5 Å². The Morgan fingerprint density at radius 3 is 2.61 bits per heavy atom. The molecule has 1 saturated carbocycles. The summed E-state index contributed by atoms with van der Waals surface area (Å²) >= 11 is 3.51. The van der Waals surface area contributed by atoms with E-state index in [1.807, 2.05) is 36.4 Å². The van der Waals surface area contributed by atoms with Crippen LogP contribution in [0.5, 0.6) is 5.75 Å². The summed E-state index contributed by atoms with van der Waals surface area (Å²) in [6.07, 6.45) is 5.85. The number of benzene rings is 2. The minimum Gasteiger partial charge on any atom is -0.488 e. The summed E-state index contributed by atoms with van der Waals surface area (Å²) in [5.41, 5.74) is 3.20. The maximum atomic E-state index is 12.3. The van der Waals surface area contributed by atoms with Crippen molar-refractivity contribution >= 4 is 27.9 Å². The quantitative estimate of drug-likeness (QED) is 0.491. The van der Waals surface area contributed by atoms with Crippen LogP contribution in [-0.4, -0.2) is 11.9 Å². The molecule has 0 aliphatic heterocycles. The Bertz CT molecular complexity index is 907. The molecule has 1 aliphatic rings. The molecule has 0 saturated heterocycles. The molecule has 2 aromatic rings. The molecule has 28 heavy (non-hydrogen) atoms. The number of aryl methyl sites for hydroxylation is 1. The van der Waals surface area contributed by atoms with Crippen molar-refractivity contribution in [2.24, 2.45) is 0 Å². The summed E-state index contributed by atoms with van der Waals surface area (Å²) in [5.74, 6) is 0.414. The van der Waals surface area contributed by atoms with E-state index in [4.69, 9.17) is 4.74 Å². The molecule has 144 valence electrons. The fourth-order valence-corrected chi connectivity index (χ4v) is 3.73. The number of amides is 1. The lowest BCUT2D eigenvalue weighted by Crippen LogP contribution is -2.33. The van der Waals surface area contributed by atoms with Crippen molar-refractivity contribution in [3.8, 4) is 11.8 Å². The van der Waals surface area contributed by atoms with Crippen LogP contribution in [0.3, 0.4) is 0 Å². The van der Waals surface area contributed by atoms with Crippen LogP contribution in [0.2, 0.25) is 0 Å². The molecule has 0 bridgehead atoms. The molecule has 0 atom stereocenters. The first-order chi connectivity index (χ1) is 13.5. The van der Waals surface area contributed by atoms with Crippen LogP contribution in [0, 0.1) is 18.3 Å². The molecule has 5 heteroatoms. The summed E-state index contributed by atoms with van der Waals surface area (Å²) in [5, 5.41) is 12.3. The third kappa shape index (κ3) is 5.46. The molecule has 3 rings (SSSR count). The maximum absolute atomic E-state index is 12.3. The normalized spacial score (nSPS) is 14.5. The van der Waals surface area contributed by atoms with Gasteiger partial charge >= 0.3 is 0 Å². The summed E-state index contributed by atoms with van der Waals surface area (Å²) in [6.45, 7) is 2.53. The highest BCUT2D eigenvalue weighted by Crippen LogP contribution is 2.28. The molecule has 1 aliphatic carbocycles. The minimum atomic E-state index is -0.301. The number of halogens is 1. The second-order valence-electron chi connectivity index (χ2n) is 7.09. The predicted molar refractivity (Wildman–Crippen MR) is 114 cm³/mol. The Morgan fingerprint density at radius 1 is 1.25 bits per heavy atom. The Balaban J connectivity index is 1.66. The Labute approximate surface area is 174 Å². The topological polar surface area (TPSA) is 62.1 Å². The molecule has 4 nitrogen and oxygen atoms in total. The van der Waals surface area contributed by atoms with E-state index >= 15 is 0 Å². The van der Waals surface area contributed by atoms with Crippen LogP contribution in [0.1, 0.15) is 42.4 Å². The molecule has 1 amide bonds. The lowest BCUT2D eigenvalue weighted by atomic mass is 10.1. The summed E-state index contributed by atoms with van der Waals surface area (Å²) in [7, 11) is 0. The molecule has 0 aromatic heterocycles. The highest BCUT2D eigenvalue weighted by atomic mass is 79.9. The van der Waals surface area contributed by atoms with Crippen molar-refractivity contribution < 1.29 is 9.53 Å². The van der Waals surface area contributed by atoms with Crippen LogP contribution in [0.25, 0.3) is 6.08 Å². The highest BCUT2D eigenvalue weighted by Gasteiger charge is 2.19. The average Bonchev–Trinajstić information content (AvgIpc) is 3.19. The fraction of sp³-hybridized carbons (Fsp3) is 0.304. The van der Waals surface area contributed by atoms with E-state index < -0.39 is 0 Å². The molecule has 1 N–H and O–H groups in total. The first-order valence-corrected chi connectivity index (χ1v) is 10.2. The third-order valence-corrected chi connectivity index (χ3v) is 5.46. The Hall–Kier alpha value is -2.58. The molecule has 0 radical (unpaired) electrons. The lowest BCUT2D eigenvalue weighted by molar-refractivity contribution is -0.117. The van der Waals surface area contributed by atoms with E-state index in [2.05, 4.69) is 40.3 Å². The van der Waals surface area contributed by atoms with Gasteiger partial charge in [-0.2, -0.15) is 5.26 Å². The van der Waals surface area contributed by atoms with Gasteiger partial charge in [0.25, 0.3) is 5.91 Å². The molecular weight excluding hydrogens is 416 g/mol. The van der Waals surface area contributed by atoms with Crippen LogP contribution < -0.4 is 10.1 Å². The van der Waals surface area contributed by atoms with Crippen molar-refractivity contribution in [1.29, 1.82) is 5.26 Å². The highest BCUT2D eigenvalue weighted by molar-refractivity contribution is 9.10. The number of nitriles is 1. The zero-order valence-electron chi connectivity index (χ0n) is 15.9. The van der Waals surface area contributed by atoms with Crippen molar-refractivity contribution in [1.82, 2.24) is 5.32 Å². The van der Waals surface area contributed by atoms with E-state index in [9.17, 15) is 10.1 Å². The molecule has 0 unspecified atom stereocenters. The van der Waals surface area contributed by atoms with E-state index in [1.54, 1.807) is 6.08 Å². The van der Waals surface area contributed by atoms with Gasteiger partial charge in [-0.3, -0.25) is 4.79 Å². The fourth-order valence-electron chi connectivity index (χ4n) is 3.22. The van der Waals surface area contributed by atoms with Gasteiger partial charge in [0.2, 0.25) is 0 Å². The predicted octanol–water partition coefficient (Wildman–Crippen LogP) is 5.30. The van der Waals surface area contributed by atoms with Gasteiger partial charge in [0.15, 0.2) is 0 Å². The van der Waals surface area contributed by atoms with Gasteiger partial charge in [0, 0.05) is 6.04 Å². The number of nitrogens with one attached hydrogen (secondary N) is 1. The lowest BCUT2D eigenvalue weighted by Gasteiger charge is -2.11. The summed E-state index contributed by atoms with van der Waals surface area (Å²) < 4.78 is 6.65. The average molecular weight is 439 g/mol. The number of hydrogen-bond acceptors (Lipinski definition) is 3. The van der Waals surface area contributed by atoms with Crippen LogP contribution in [0.15, 0.2) is 52.5 Å². The van der Waals surface area contributed by atoms with Crippen molar-refractivity contribution in [3.05, 3.63) is 69.2 Å². The number of rotatable bonds is 6. The van der Waals surface area contributed by atoms with Crippen molar-refractivity contribution in [3.63, 3.8) is 0 Å². The van der Waals surface area contributed by atoms with Crippen molar-refractivity contribution in [2.45, 2.75) is 45.3 Å². The van der Waals surface area contributed by atoms with E-state index in [0.29, 0.717) is 12.4 Å². The maximum Gasteiger partial charge on any atom is 0.262 e. The number of carbonyl (C=O) groups excluding carboxylic acids is 1. The number of ether oxygens (including phenoxy) is 1. The molecule has 0 heterocycles. The van der Waals surface area contributed by atoms with Gasteiger partial charge in [-0.25, -0.2) is 0 Å². The van der Waals surface area contributed by atoms with Crippen LogP contribution in [-0.2, 0) is 11.4 Å². The molecule has 2 aromatic carbocycles. The van der Waals surface area contributed by atoms with Gasteiger partial charge in [-0.15, -0.1) is 0 Å². The van der Waals surface area contributed by atoms with Gasteiger partial charge in [0.1, 0.15) is 24.0 Å². The van der Waals surface area contributed by atoms with Crippen LogP contribution >= 0.6 is 15.9 Å². The molecule has 0 spiro atoms. The first kappa shape index (κ1) is 20.2. The first-order valence-electron chi connectivity index (χ1n) is 9.45. The number of carbonyl (C=O) groups is 1. The smallest absolute Gasteiger partial charge is 0.262 e. The zero-order valence-corrected chi connectivity index (χ0v) is 17.5. The second kappa shape index (κ2) is 9.57. The standard InChI is InChI=1S/C23H23BrN2O2/c1-16-6-8-17(9-7-16)15-28-22-11-10-18(13-21(22)24)12-19(14-25)23(27)26-20-4-2-3-5-20/h6-13,20H,2-5,15H2,1H3,(H,26,27)/b19-12-. The monoisotopic (exact) mass is 438 g/mol. The number of hydrogen-bond donors (Lipinski definition) is 1. The van der Waals surface area contributed by atoms with E-state index in [1.165, 1.54) is 5.56 Å². The van der Waals surface area contributed by atoms with Gasteiger partial charge in [-0.1, -0.05) is 48.7 Å². The van der Waals surface area contributed by atoms with Gasteiger partial charge < -0.3 is 10.1 Å². The van der Waals surface area contributed by atoms with Gasteiger partial charge in [-0.05, 0) is 65.0 Å². The van der Waals surface area contributed by atoms with Crippen molar-refractivity contribution in [2.75, 3.05) is 0 Å². The van der Waals surface area contributed by atoms with Crippen LogP contribution in [0.4, 0.5) is 0 Å². The Morgan fingerprint density at radius 2 is 1.96 bits per heavy atom. The summed E-state index contributed by atoms with van der Waals surface area (Å²) in [6, 6.07) is 15.9. The van der Waals surface area contributed by atoms with Gasteiger partial charge in [0.05, 0.1) is 4.47 Å². The number of nitrogens with zero attached hydrogens (tertiary/aromatic N) is 1. The molecule has 1 fully saturated rings. The minimum absolute atomic E-state index is 0.118. The van der Waals surface area contributed by atoms with E-state index in [0.717, 1.165) is 41.3 Å². The Kier molecular flexibility index (Phi) is 6.89. The summed E-state index contributed by atoms with van der Waals surface area (Å²) in [4.78, 5) is 12.3.